The topological polar surface area (TPSA) is 52.0 Å². The summed E-state index contributed by atoms with van der Waals surface area (Å²) >= 11 is 9.25. The molecule has 4 N–H and O–H groups in total. The first-order valence-electron chi connectivity index (χ1n) is 3.55. The van der Waals surface area contributed by atoms with Crippen LogP contribution in [0.1, 0.15) is 11.6 Å². The van der Waals surface area contributed by atoms with E-state index in [-0.39, 0.29) is 6.04 Å². The molecule has 2 nitrogen and oxygen atoms in total. The van der Waals surface area contributed by atoms with Crippen molar-refractivity contribution in [2.75, 3.05) is 6.54 Å². The molecule has 1 unspecified atom stereocenters. The fourth-order valence-electron chi connectivity index (χ4n) is 0.926. The Morgan fingerprint density at radius 3 is 2.75 bits per heavy atom. The van der Waals surface area contributed by atoms with E-state index in [0.29, 0.717) is 11.6 Å². The maximum Gasteiger partial charge on any atom is 0.0455 e. The first-order valence-corrected chi connectivity index (χ1v) is 4.73. The van der Waals surface area contributed by atoms with Gasteiger partial charge in [-0.05, 0) is 23.8 Å². The minimum Gasteiger partial charge on any atom is -0.329 e. The van der Waals surface area contributed by atoms with Crippen LogP contribution in [0.4, 0.5) is 0 Å². The van der Waals surface area contributed by atoms with Crippen LogP contribution in [0.15, 0.2) is 22.7 Å². The van der Waals surface area contributed by atoms with Gasteiger partial charge < -0.3 is 11.5 Å². The highest BCUT2D eigenvalue weighted by atomic mass is 79.9. The third-order valence-corrected chi connectivity index (χ3v) is 2.45. The summed E-state index contributed by atoms with van der Waals surface area (Å²) in [6.07, 6.45) is 0. The second-order valence-corrected chi connectivity index (χ2v) is 3.83. The molecule has 0 aromatic heterocycles. The van der Waals surface area contributed by atoms with E-state index in [2.05, 4.69) is 15.9 Å². The second kappa shape index (κ2) is 4.23. The Bertz CT molecular complexity index is 278. The average molecular weight is 250 g/mol. The minimum absolute atomic E-state index is 0.185. The molecule has 0 aliphatic heterocycles. The van der Waals surface area contributed by atoms with Crippen molar-refractivity contribution in [3.05, 3.63) is 33.3 Å². The van der Waals surface area contributed by atoms with Crippen molar-refractivity contribution in [1.82, 2.24) is 0 Å². The molecule has 12 heavy (non-hydrogen) atoms. The van der Waals surface area contributed by atoms with Gasteiger partial charge in [-0.2, -0.15) is 0 Å². The molecule has 0 saturated carbocycles. The zero-order chi connectivity index (χ0) is 9.14. The lowest BCUT2D eigenvalue weighted by molar-refractivity contribution is 0.737. The van der Waals surface area contributed by atoms with Crippen LogP contribution in [0.3, 0.4) is 0 Å². The number of hydrogen-bond donors (Lipinski definition) is 2. The molecule has 0 fully saturated rings. The van der Waals surface area contributed by atoms with Gasteiger partial charge in [0.2, 0.25) is 0 Å². The first-order chi connectivity index (χ1) is 5.65. The van der Waals surface area contributed by atoms with E-state index in [0.717, 1.165) is 10.0 Å². The Labute approximate surface area is 85.0 Å². The monoisotopic (exact) mass is 248 g/mol. The lowest BCUT2D eigenvalue weighted by Crippen LogP contribution is -2.21. The molecular formula is C8H10BrClN2. The zero-order valence-electron chi connectivity index (χ0n) is 6.43. The highest BCUT2D eigenvalue weighted by Gasteiger charge is 2.07. The Morgan fingerprint density at radius 2 is 2.17 bits per heavy atom. The minimum atomic E-state index is -0.185. The third kappa shape index (κ3) is 2.20. The largest absolute Gasteiger partial charge is 0.329 e. The van der Waals surface area contributed by atoms with Crippen LogP contribution in [-0.2, 0) is 0 Å². The quantitative estimate of drug-likeness (QED) is 0.843. The van der Waals surface area contributed by atoms with E-state index >= 15 is 0 Å². The zero-order valence-corrected chi connectivity index (χ0v) is 8.77. The molecule has 1 rings (SSSR count). The van der Waals surface area contributed by atoms with Crippen LogP contribution < -0.4 is 11.5 Å². The van der Waals surface area contributed by atoms with Crippen LogP contribution in [0.2, 0.25) is 5.02 Å². The maximum atomic E-state index is 5.91. The molecule has 1 aromatic rings. The fourth-order valence-corrected chi connectivity index (χ4v) is 1.56. The van der Waals surface area contributed by atoms with Gasteiger partial charge >= 0.3 is 0 Å². The molecule has 0 spiro atoms. The highest BCUT2D eigenvalue weighted by Crippen LogP contribution is 2.24. The van der Waals surface area contributed by atoms with Crippen LogP contribution in [0.5, 0.6) is 0 Å². The summed E-state index contributed by atoms with van der Waals surface area (Å²) in [7, 11) is 0. The number of halogens is 2. The number of nitrogens with two attached hydrogens (primary N) is 2. The van der Waals surface area contributed by atoms with Gasteiger partial charge in [0, 0.05) is 22.1 Å². The molecule has 1 aromatic carbocycles. The lowest BCUT2D eigenvalue weighted by Gasteiger charge is -2.11. The molecule has 0 amide bonds. The predicted molar refractivity (Wildman–Crippen MR) is 55.1 cm³/mol. The van der Waals surface area contributed by atoms with Gasteiger partial charge in [0.1, 0.15) is 0 Å². The van der Waals surface area contributed by atoms with Gasteiger partial charge in [0.25, 0.3) is 0 Å². The van der Waals surface area contributed by atoms with Crippen molar-refractivity contribution in [2.24, 2.45) is 11.5 Å². The predicted octanol–water partition coefficient (Wildman–Crippen LogP) is 2.06. The Balaban J connectivity index is 3.04. The van der Waals surface area contributed by atoms with Crippen molar-refractivity contribution in [2.45, 2.75) is 6.04 Å². The van der Waals surface area contributed by atoms with Crippen molar-refractivity contribution in [3.8, 4) is 0 Å². The van der Waals surface area contributed by atoms with Crippen molar-refractivity contribution in [1.29, 1.82) is 0 Å². The Morgan fingerprint density at radius 1 is 1.50 bits per heavy atom. The molecule has 0 saturated heterocycles. The summed E-state index contributed by atoms with van der Waals surface area (Å²) in [6.45, 7) is 0.399. The second-order valence-electron chi connectivity index (χ2n) is 2.51. The first kappa shape index (κ1) is 9.99. The molecule has 0 bridgehead atoms. The molecule has 0 heterocycles. The molecule has 0 aliphatic carbocycles. The maximum absolute atomic E-state index is 5.91. The van der Waals surface area contributed by atoms with Gasteiger partial charge in [0.05, 0.1) is 0 Å². The van der Waals surface area contributed by atoms with E-state index in [1.807, 2.05) is 12.1 Å². The van der Waals surface area contributed by atoms with Gasteiger partial charge in [-0.1, -0.05) is 27.5 Å². The van der Waals surface area contributed by atoms with Crippen molar-refractivity contribution >= 4 is 27.5 Å². The average Bonchev–Trinajstić information content (AvgIpc) is 2.08. The van der Waals surface area contributed by atoms with E-state index in [1.165, 1.54) is 0 Å². The normalized spacial score (nSPS) is 13.0. The van der Waals surface area contributed by atoms with E-state index in [4.69, 9.17) is 23.1 Å². The lowest BCUT2D eigenvalue weighted by atomic mass is 10.1. The van der Waals surface area contributed by atoms with Crippen molar-refractivity contribution in [3.63, 3.8) is 0 Å². The Hall–Kier alpha value is -0.0900. The number of rotatable bonds is 2. The molecule has 0 aliphatic rings. The van der Waals surface area contributed by atoms with Gasteiger partial charge in [0.15, 0.2) is 0 Å². The smallest absolute Gasteiger partial charge is 0.0455 e. The van der Waals surface area contributed by atoms with Crippen molar-refractivity contribution < 1.29 is 0 Å². The van der Waals surface area contributed by atoms with Gasteiger partial charge in [-0.3, -0.25) is 0 Å². The van der Waals surface area contributed by atoms with Crippen LogP contribution in [-0.4, -0.2) is 6.54 Å². The van der Waals surface area contributed by atoms with Crippen LogP contribution in [0, 0.1) is 0 Å². The standard InChI is InChI=1S/C8H10BrClN2/c9-5-1-2-7(10)6(3-5)8(12)4-11/h1-3,8H,4,11-12H2. The highest BCUT2D eigenvalue weighted by molar-refractivity contribution is 9.10. The summed E-state index contributed by atoms with van der Waals surface area (Å²) in [5.74, 6) is 0. The van der Waals surface area contributed by atoms with E-state index < -0.39 is 0 Å². The molecular weight excluding hydrogens is 239 g/mol. The summed E-state index contributed by atoms with van der Waals surface area (Å²) in [4.78, 5) is 0. The third-order valence-electron chi connectivity index (χ3n) is 1.61. The summed E-state index contributed by atoms with van der Waals surface area (Å²) in [5.41, 5.74) is 12.0. The number of benzene rings is 1. The molecule has 66 valence electrons. The molecule has 1 atom stereocenters. The molecule has 0 radical (unpaired) electrons. The molecule has 4 heteroatoms. The SMILES string of the molecule is NCC(N)c1cc(Br)ccc1Cl. The summed E-state index contributed by atoms with van der Waals surface area (Å²) < 4.78 is 0.964. The fraction of sp³-hybridized carbons (Fsp3) is 0.250. The van der Waals surface area contributed by atoms with E-state index in [1.54, 1.807) is 6.07 Å². The van der Waals surface area contributed by atoms with Crippen LogP contribution >= 0.6 is 27.5 Å². The summed E-state index contributed by atoms with van der Waals surface area (Å²) in [5, 5.41) is 0.663. The van der Waals surface area contributed by atoms with E-state index in [9.17, 15) is 0 Å². The number of hydrogen-bond acceptors (Lipinski definition) is 2. The Kier molecular flexibility index (Phi) is 3.53. The van der Waals surface area contributed by atoms with Crippen LogP contribution in [0.25, 0.3) is 0 Å². The summed E-state index contributed by atoms with van der Waals surface area (Å²) in [6, 6.07) is 5.38. The van der Waals surface area contributed by atoms with Gasteiger partial charge in [-0.25, -0.2) is 0 Å². The van der Waals surface area contributed by atoms with Gasteiger partial charge in [-0.15, -0.1) is 0 Å².